The molecule has 0 radical (unpaired) electrons. The van der Waals surface area contributed by atoms with E-state index >= 15 is 0 Å². The molecule has 0 bridgehead atoms. The molecule has 1 saturated heterocycles. The first-order valence-corrected chi connectivity index (χ1v) is 6.35. The first kappa shape index (κ1) is 14.9. The smallest absolute Gasteiger partial charge is 0.163 e. The van der Waals surface area contributed by atoms with Crippen molar-refractivity contribution in [3.8, 4) is 0 Å². The van der Waals surface area contributed by atoms with Gasteiger partial charge in [0.05, 0.1) is 12.7 Å². The molecule has 102 valence electrons. The third-order valence-electron chi connectivity index (χ3n) is 3.22. The predicted octanol–water partition coefficient (Wildman–Crippen LogP) is 0.268. The van der Waals surface area contributed by atoms with Crippen LogP contribution in [0.25, 0.3) is 0 Å². The van der Waals surface area contributed by atoms with E-state index in [2.05, 4.69) is 6.92 Å². The highest BCUT2D eigenvalue weighted by molar-refractivity contribution is 4.86. The van der Waals surface area contributed by atoms with Crippen LogP contribution >= 0.6 is 0 Å². The minimum absolute atomic E-state index is 0.297. The van der Waals surface area contributed by atoms with Gasteiger partial charge in [-0.2, -0.15) is 0 Å². The van der Waals surface area contributed by atoms with Gasteiger partial charge in [-0.25, -0.2) is 0 Å². The Morgan fingerprint density at radius 2 is 1.88 bits per heavy atom. The van der Waals surface area contributed by atoms with Crippen molar-refractivity contribution in [1.82, 2.24) is 0 Å². The molecule has 1 heterocycles. The largest absolute Gasteiger partial charge is 0.394 e. The molecule has 3 N–H and O–H groups in total. The predicted molar refractivity (Wildman–Crippen MR) is 62.4 cm³/mol. The van der Waals surface area contributed by atoms with Crippen molar-refractivity contribution in [2.45, 2.75) is 57.7 Å². The van der Waals surface area contributed by atoms with Crippen LogP contribution in [0.15, 0.2) is 0 Å². The molecule has 17 heavy (non-hydrogen) atoms. The van der Waals surface area contributed by atoms with E-state index in [1.54, 1.807) is 6.92 Å². The van der Waals surface area contributed by atoms with Gasteiger partial charge in [-0.3, -0.25) is 0 Å². The summed E-state index contributed by atoms with van der Waals surface area (Å²) in [5.74, 6) is -0.297. The van der Waals surface area contributed by atoms with Crippen molar-refractivity contribution in [3.63, 3.8) is 0 Å². The lowest BCUT2D eigenvalue weighted by Gasteiger charge is -2.40. The maximum absolute atomic E-state index is 9.80. The van der Waals surface area contributed by atoms with Crippen LogP contribution in [0.5, 0.6) is 0 Å². The number of unbranched alkanes of at least 4 members (excludes halogenated alkanes) is 2. The highest BCUT2D eigenvalue weighted by Gasteiger charge is 2.42. The SMILES string of the molecule is CCCCCOC1OC(CO)C(O)C(O)C1C. The second-order valence-electron chi connectivity index (χ2n) is 4.64. The minimum Gasteiger partial charge on any atom is -0.394 e. The van der Waals surface area contributed by atoms with Crippen LogP contribution < -0.4 is 0 Å². The van der Waals surface area contributed by atoms with Crippen molar-refractivity contribution in [2.24, 2.45) is 5.92 Å². The summed E-state index contributed by atoms with van der Waals surface area (Å²) in [5, 5.41) is 28.5. The molecular weight excluding hydrogens is 224 g/mol. The van der Waals surface area contributed by atoms with Crippen LogP contribution in [0.4, 0.5) is 0 Å². The molecule has 1 aliphatic heterocycles. The molecule has 0 amide bonds. The summed E-state index contributed by atoms with van der Waals surface area (Å²) in [7, 11) is 0. The van der Waals surface area contributed by atoms with Gasteiger partial charge in [0.25, 0.3) is 0 Å². The zero-order valence-corrected chi connectivity index (χ0v) is 10.6. The highest BCUT2D eigenvalue weighted by atomic mass is 16.7. The fraction of sp³-hybridized carbons (Fsp3) is 1.00. The van der Waals surface area contributed by atoms with E-state index in [1.807, 2.05) is 0 Å². The lowest BCUT2D eigenvalue weighted by atomic mass is 9.92. The van der Waals surface area contributed by atoms with Crippen molar-refractivity contribution in [2.75, 3.05) is 13.2 Å². The van der Waals surface area contributed by atoms with E-state index in [4.69, 9.17) is 14.6 Å². The van der Waals surface area contributed by atoms with Gasteiger partial charge in [0.15, 0.2) is 6.29 Å². The lowest BCUT2D eigenvalue weighted by Crippen LogP contribution is -2.55. The fourth-order valence-corrected chi connectivity index (χ4v) is 1.96. The third kappa shape index (κ3) is 3.89. The number of hydrogen-bond donors (Lipinski definition) is 3. The molecule has 0 spiro atoms. The van der Waals surface area contributed by atoms with Crippen LogP contribution in [0.3, 0.4) is 0 Å². The Hall–Kier alpha value is -0.200. The average Bonchev–Trinajstić information content (AvgIpc) is 2.34. The summed E-state index contributed by atoms with van der Waals surface area (Å²) < 4.78 is 11.0. The summed E-state index contributed by atoms with van der Waals surface area (Å²) in [5.41, 5.74) is 0. The van der Waals surface area contributed by atoms with Crippen LogP contribution in [-0.2, 0) is 9.47 Å². The second kappa shape index (κ2) is 7.28. The van der Waals surface area contributed by atoms with E-state index in [-0.39, 0.29) is 12.5 Å². The van der Waals surface area contributed by atoms with E-state index < -0.39 is 24.6 Å². The summed E-state index contributed by atoms with van der Waals surface area (Å²) >= 11 is 0. The maximum atomic E-state index is 9.80. The molecule has 1 aliphatic rings. The topological polar surface area (TPSA) is 79.2 Å². The van der Waals surface area contributed by atoms with Crippen LogP contribution in [-0.4, -0.2) is 53.1 Å². The minimum atomic E-state index is -1.05. The molecule has 0 aromatic rings. The molecule has 0 aliphatic carbocycles. The number of ether oxygens (including phenoxy) is 2. The first-order valence-electron chi connectivity index (χ1n) is 6.35. The summed E-state index contributed by atoms with van der Waals surface area (Å²) in [4.78, 5) is 0. The molecule has 5 atom stereocenters. The Balaban J connectivity index is 2.42. The normalized spacial score (nSPS) is 38.3. The van der Waals surface area contributed by atoms with E-state index in [1.165, 1.54) is 0 Å². The Kier molecular flexibility index (Phi) is 6.37. The van der Waals surface area contributed by atoms with Gasteiger partial charge in [0.2, 0.25) is 0 Å². The number of aliphatic hydroxyl groups is 3. The van der Waals surface area contributed by atoms with Gasteiger partial charge in [-0.15, -0.1) is 0 Å². The van der Waals surface area contributed by atoms with E-state index in [0.29, 0.717) is 6.61 Å². The molecule has 5 unspecified atom stereocenters. The van der Waals surface area contributed by atoms with Crippen LogP contribution in [0.1, 0.15) is 33.1 Å². The van der Waals surface area contributed by atoms with Gasteiger partial charge in [-0.1, -0.05) is 26.7 Å². The van der Waals surface area contributed by atoms with Crippen molar-refractivity contribution in [1.29, 1.82) is 0 Å². The van der Waals surface area contributed by atoms with Crippen molar-refractivity contribution < 1.29 is 24.8 Å². The molecule has 5 heteroatoms. The lowest BCUT2D eigenvalue weighted by molar-refractivity contribution is -0.282. The van der Waals surface area contributed by atoms with Crippen LogP contribution in [0.2, 0.25) is 0 Å². The summed E-state index contributed by atoms with van der Waals surface area (Å²) in [6, 6.07) is 0. The maximum Gasteiger partial charge on any atom is 0.163 e. The molecule has 0 aromatic heterocycles. The number of rotatable bonds is 6. The number of hydrogen-bond acceptors (Lipinski definition) is 5. The summed E-state index contributed by atoms with van der Waals surface area (Å²) in [6.45, 7) is 4.14. The Morgan fingerprint density at radius 1 is 1.18 bits per heavy atom. The van der Waals surface area contributed by atoms with Gasteiger partial charge >= 0.3 is 0 Å². The average molecular weight is 248 g/mol. The van der Waals surface area contributed by atoms with E-state index in [0.717, 1.165) is 19.3 Å². The van der Waals surface area contributed by atoms with Crippen LogP contribution in [0, 0.1) is 5.92 Å². The standard InChI is InChI=1S/C12H24O5/c1-3-4-5-6-16-12-8(2)10(14)11(15)9(7-13)17-12/h8-15H,3-7H2,1-2H3. The molecule has 1 rings (SSSR count). The second-order valence-corrected chi connectivity index (χ2v) is 4.64. The van der Waals surface area contributed by atoms with Gasteiger partial charge < -0.3 is 24.8 Å². The molecular formula is C12H24O5. The van der Waals surface area contributed by atoms with Crippen molar-refractivity contribution in [3.05, 3.63) is 0 Å². The fourth-order valence-electron chi connectivity index (χ4n) is 1.96. The molecule has 5 nitrogen and oxygen atoms in total. The third-order valence-corrected chi connectivity index (χ3v) is 3.22. The number of aliphatic hydroxyl groups excluding tert-OH is 3. The quantitative estimate of drug-likeness (QED) is 0.588. The first-order chi connectivity index (χ1) is 8.11. The summed E-state index contributed by atoms with van der Waals surface area (Å²) in [6.07, 6.45) is -0.130. The zero-order valence-electron chi connectivity index (χ0n) is 10.6. The zero-order chi connectivity index (χ0) is 12.8. The Morgan fingerprint density at radius 3 is 2.47 bits per heavy atom. The molecule has 0 saturated carbocycles. The Labute approximate surface area is 102 Å². The monoisotopic (exact) mass is 248 g/mol. The van der Waals surface area contributed by atoms with Crippen molar-refractivity contribution >= 4 is 0 Å². The van der Waals surface area contributed by atoms with Gasteiger partial charge in [0, 0.05) is 12.5 Å². The van der Waals surface area contributed by atoms with Gasteiger partial charge in [0.1, 0.15) is 12.2 Å². The van der Waals surface area contributed by atoms with Gasteiger partial charge in [-0.05, 0) is 6.42 Å². The van der Waals surface area contributed by atoms with E-state index in [9.17, 15) is 10.2 Å². The Bertz CT molecular complexity index is 209. The highest BCUT2D eigenvalue weighted by Crippen LogP contribution is 2.26. The molecule has 1 fully saturated rings. The molecule has 0 aromatic carbocycles.